The predicted molar refractivity (Wildman–Crippen MR) is 60.2 cm³/mol. The van der Waals surface area contributed by atoms with Gasteiger partial charge in [-0.25, -0.2) is 0 Å². The van der Waals surface area contributed by atoms with Crippen molar-refractivity contribution in [3.63, 3.8) is 0 Å². The van der Waals surface area contributed by atoms with Crippen LogP contribution in [0.2, 0.25) is 5.02 Å². The lowest BCUT2D eigenvalue weighted by Crippen LogP contribution is -2.02. The van der Waals surface area contributed by atoms with E-state index in [1.807, 2.05) is 28.7 Å². The minimum atomic E-state index is -0.959. The molecule has 1 aromatic carbocycles. The molecule has 0 aliphatic heterocycles. The second-order valence-electron chi connectivity index (χ2n) is 2.61. The molecular formula is C9H5ClINO2. The molecule has 1 aromatic rings. The molecule has 0 aliphatic rings. The lowest BCUT2D eigenvalue weighted by Gasteiger charge is -2.03. The SMILES string of the molecule is N#Cc1cc(Cl)c(I)cc1CC(=O)O. The second-order valence-corrected chi connectivity index (χ2v) is 4.18. The molecule has 0 bridgehead atoms. The van der Waals surface area contributed by atoms with Gasteiger partial charge in [-0.15, -0.1) is 0 Å². The molecule has 3 nitrogen and oxygen atoms in total. The lowest BCUT2D eigenvalue weighted by atomic mass is 10.1. The number of carbonyl (C=O) groups is 1. The second kappa shape index (κ2) is 4.62. The summed E-state index contributed by atoms with van der Waals surface area (Å²) >= 11 is 7.79. The van der Waals surface area contributed by atoms with Crippen LogP contribution >= 0.6 is 34.2 Å². The van der Waals surface area contributed by atoms with Crippen molar-refractivity contribution in [1.29, 1.82) is 5.26 Å². The summed E-state index contributed by atoms with van der Waals surface area (Å²) < 4.78 is 0.750. The van der Waals surface area contributed by atoms with Crippen molar-refractivity contribution < 1.29 is 9.90 Å². The van der Waals surface area contributed by atoms with Crippen LogP contribution in [0.25, 0.3) is 0 Å². The van der Waals surface area contributed by atoms with Crippen molar-refractivity contribution in [2.45, 2.75) is 6.42 Å². The van der Waals surface area contributed by atoms with E-state index in [0.29, 0.717) is 16.1 Å². The van der Waals surface area contributed by atoms with E-state index in [9.17, 15) is 4.79 Å². The molecule has 0 saturated heterocycles. The quantitative estimate of drug-likeness (QED) is 0.851. The van der Waals surface area contributed by atoms with Crippen LogP contribution in [-0.4, -0.2) is 11.1 Å². The largest absolute Gasteiger partial charge is 0.481 e. The summed E-state index contributed by atoms with van der Waals surface area (Å²) in [6.07, 6.45) is -0.157. The number of carboxylic acid groups (broad SMARTS) is 1. The van der Waals surface area contributed by atoms with Crippen molar-refractivity contribution in [3.8, 4) is 6.07 Å². The number of halogens is 2. The van der Waals surface area contributed by atoms with Crippen LogP contribution in [0.4, 0.5) is 0 Å². The minimum Gasteiger partial charge on any atom is -0.481 e. The van der Waals surface area contributed by atoms with Crippen molar-refractivity contribution >= 4 is 40.2 Å². The third kappa shape index (κ3) is 2.59. The van der Waals surface area contributed by atoms with Gasteiger partial charge >= 0.3 is 5.97 Å². The van der Waals surface area contributed by atoms with E-state index < -0.39 is 5.97 Å². The summed E-state index contributed by atoms with van der Waals surface area (Å²) in [7, 11) is 0. The summed E-state index contributed by atoms with van der Waals surface area (Å²) in [4.78, 5) is 10.5. The smallest absolute Gasteiger partial charge is 0.307 e. The average molecular weight is 322 g/mol. The molecule has 5 heteroatoms. The Bertz CT molecular complexity index is 426. The Kier molecular flexibility index (Phi) is 3.72. The van der Waals surface area contributed by atoms with Crippen LogP contribution in [0.15, 0.2) is 12.1 Å². The van der Waals surface area contributed by atoms with E-state index in [2.05, 4.69) is 0 Å². The van der Waals surface area contributed by atoms with Crippen LogP contribution in [0.3, 0.4) is 0 Å². The molecule has 14 heavy (non-hydrogen) atoms. The molecule has 0 spiro atoms. The Labute approximate surface area is 99.4 Å². The fraction of sp³-hybridized carbons (Fsp3) is 0.111. The molecular weight excluding hydrogens is 316 g/mol. The molecule has 0 aromatic heterocycles. The zero-order valence-electron chi connectivity index (χ0n) is 6.92. The third-order valence-corrected chi connectivity index (χ3v) is 3.13. The summed E-state index contributed by atoms with van der Waals surface area (Å²) in [5, 5.41) is 17.8. The van der Waals surface area contributed by atoms with Crippen molar-refractivity contribution in [3.05, 3.63) is 31.9 Å². The van der Waals surface area contributed by atoms with Crippen LogP contribution in [0.5, 0.6) is 0 Å². The number of rotatable bonds is 2. The van der Waals surface area contributed by atoms with Gasteiger partial charge in [0.1, 0.15) is 0 Å². The van der Waals surface area contributed by atoms with Crippen LogP contribution in [0, 0.1) is 14.9 Å². The Hall–Kier alpha value is -0.800. The van der Waals surface area contributed by atoms with Gasteiger partial charge in [0.05, 0.1) is 23.1 Å². The first-order valence-electron chi connectivity index (χ1n) is 3.64. The van der Waals surface area contributed by atoms with E-state index in [1.54, 1.807) is 6.07 Å². The molecule has 0 amide bonds. The molecule has 72 valence electrons. The van der Waals surface area contributed by atoms with Gasteiger partial charge in [-0.2, -0.15) is 5.26 Å². The number of aliphatic carboxylic acids is 1. The Morgan fingerprint density at radius 3 is 2.79 bits per heavy atom. The summed E-state index contributed by atoms with van der Waals surface area (Å²) in [6, 6.07) is 5.03. The maximum atomic E-state index is 10.5. The highest BCUT2D eigenvalue weighted by Crippen LogP contribution is 2.23. The Morgan fingerprint density at radius 2 is 2.29 bits per heavy atom. The first-order chi connectivity index (χ1) is 6.54. The monoisotopic (exact) mass is 321 g/mol. The van der Waals surface area contributed by atoms with Crippen molar-refractivity contribution in [1.82, 2.24) is 0 Å². The number of benzene rings is 1. The number of nitrogens with zero attached hydrogens (tertiary/aromatic N) is 1. The Balaban J connectivity index is 3.22. The lowest BCUT2D eigenvalue weighted by molar-refractivity contribution is -0.136. The van der Waals surface area contributed by atoms with Gasteiger partial charge < -0.3 is 5.11 Å². The molecule has 1 N–H and O–H groups in total. The molecule has 0 heterocycles. The van der Waals surface area contributed by atoms with Gasteiger partial charge in [0.2, 0.25) is 0 Å². The van der Waals surface area contributed by atoms with Crippen LogP contribution in [0.1, 0.15) is 11.1 Å². The molecule has 0 saturated carbocycles. The first-order valence-corrected chi connectivity index (χ1v) is 5.10. The highest BCUT2D eigenvalue weighted by Gasteiger charge is 2.09. The molecule has 0 atom stereocenters. The molecule has 0 aliphatic carbocycles. The standard InChI is InChI=1S/C9H5ClINO2/c10-7-1-6(4-12)5(2-8(7)11)3-9(13)14/h1-2H,3H2,(H,13,14). The maximum absolute atomic E-state index is 10.5. The van der Waals surface area contributed by atoms with Crippen LogP contribution < -0.4 is 0 Å². The fourth-order valence-corrected chi connectivity index (χ4v) is 1.70. The minimum absolute atomic E-state index is 0.157. The predicted octanol–water partition coefficient (Wildman–Crippen LogP) is 2.44. The maximum Gasteiger partial charge on any atom is 0.307 e. The summed E-state index contributed by atoms with van der Waals surface area (Å²) in [5.41, 5.74) is 0.812. The first kappa shape index (κ1) is 11.3. The van der Waals surface area contributed by atoms with Gasteiger partial charge in [0.15, 0.2) is 0 Å². The number of hydrogen-bond acceptors (Lipinski definition) is 2. The van der Waals surface area contributed by atoms with E-state index in [0.717, 1.165) is 3.57 Å². The summed E-state index contributed by atoms with van der Waals surface area (Å²) in [6.45, 7) is 0. The number of hydrogen-bond donors (Lipinski definition) is 1. The number of nitriles is 1. The van der Waals surface area contributed by atoms with E-state index in [1.165, 1.54) is 6.07 Å². The van der Waals surface area contributed by atoms with Gasteiger partial charge in [-0.1, -0.05) is 11.6 Å². The normalized spacial score (nSPS) is 9.50. The highest BCUT2D eigenvalue weighted by atomic mass is 127. The molecule has 1 rings (SSSR count). The van der Waals surface area contributed by atoms with E-state index in [-0.39, 0.29) is 6.42 Å². The van der Waals surface area contributed by atoms with Gasteiger partial charge in [0, 0.05) is 3.57 Å². The van der Waals surface area contributed by atoms with E-state index in [4.69, 9.17) is 22.0 Å². The topological polar surface area (TPSA) is 61.1 Å². The third-order valence-electron chi connectivity index (χ3n) is 1.61. The van der Waals surface area contributed by atoms with Gasteiger partial charge in [-0.05, 0) is 40.3 Å². The van der Waals surface area contributed by atoms with Gasteiger partial charge in [0.25, 0.3) is 0 Å². The molecule has 0 radical (unpaired) electrons. The zero-order valence-corrected chi connectivity index (χ0v) is 9.83. The average Bonchev–Trinajstić information content (AvgIpc) is 2.10. The number of carboxylic acids is 1. The van der Waals surface area contributed by atoms with Crippen molar-refractivity contribution in [2.75, 3.05) is 0 Å². The summed E-state index contributed by atoms with van der Waals surface area (Å²) in [5.74, 6) is -0.959. The Morgan fingerprint density at radius 1 is 1.64 bits per heavy atom. The highest BCUT2D eigenvalue weighted by molar-refractivity contribution is 14.1. The fourth-order valence-electron chi connectivity index (χ4n) is 1.00. The van der Waals surface area contributed by atoms with Crippen molar-refractivity contribution in [2.24, 2.45) is 0 Å². The van der Waals surface area contributed by atoms with E-state index >= 15 is 0 Å². The van der Waals surface area contributed by atoms with Gasteiger partial charge in [-0.3, -0.25) is 4.79 Å². The zero-order chi connectivity index (χ0) is 10.7. The van der Waals surface area contributed by atoms with Crippen LogP contribution in [-0.2, 0) is 11.2 Å². The molecule has 0 fully saturated rings. The molecule has 0 unspecified atom stereocenters.